The topological polar surface area (TPSA) is 136 Å². The van der Waals surface area contributed by atoms with Gasteiger partial charge in [-0.1, -0.05) is 88.8 Å². The quantitative estimate of drug-likeness (QED) is 0.178. The van der Waals surface area contributed by atoms with E-state index in [1.165, 1.54) is 23.8 Å². The molecule has 0 unspecified atom stereocenters. The van der Waals surface area contributed by atoms with Gasteiger partial charge in [-0.05, 0) is 17.2 Å². The smallest absolute Gasteiger partial charge is 0.355 e. The number of aromatic nitrogens is 1. The van der Waals surface area contributed by atoms with Crippen molar-refractivity contribution in [3.63, 3.8) is 0 Å². The monoisotopic (exact) mass is 583 g/mol. The molecular formula is C26H22ClN5O5S2. The van der Waals surface area contributed by atoms with Gasteiger partial charge in [-0.15, -0.1) is 11.8 Å². The van der Waals surface area contributed by atoms with Crippen molar-refractivity contribution < 1.29 is 24.0 Å². The van der Waals surface area contributed by atoms with E-state index in [4.69, 9.17) is 26.9 Å². The van der Waals surface area contributed by atoms with Crippen LogP contribution in [0.15, 0.2) is 77.6 Å². The molecule has 200 valence electrons. The van der Waals surface area contributed by atoms with Crippen LogP contribution < -0.4 is 11.1 Å². The highest BCUT2D eigenvalue weighted by atomic mass is 35.5. The third kappa shape index (κ3) is 5.35. The van der Waals surface area contributed by atoms with E-state index >= 15 is 0 Å². The van der Waals surface area contributed by atoms with Crippen LogP contribution in [0.3, 0.4) is 0 Å². The zero-order chi connectivity index (χ0) is 27.5. The molecule has 2 amide bonds. The summed E-state index contributed by atoms with van der Waals surface area (Å²) in [5, 5.41) is 6.03. The second-order valence-electron chi connectivity index (χ2n) is 8.38. The van der Waals surface area contributed by atoms with Gasteiger partial charge in [-0.3, -0.25) is 14.5 Å². The summed E-state index contributed by atoms with van der Waals surface area (Å²) >= 11 is 8.53. The predicted octanol–water partition coefficient (Wildman–Crippen LogP) is 3.35. The van der Waals surface area contributed by atoms with Crippen molar-refractivity contribution in [3.8, 4) is 0 Å². The number of halogens is 1. The minimum absolute atomic E-state index is 0.0514. The Morgan fingerprint density at radius 1 is 1.15 bits per heavy atom. The number of carbonyl (C=O) groups excluding carboxylic acids is 3. The normalized spacial score (nSPS) is 18.6. The Hall–Kier alpha value is -3.87. The molecule has 1 aromatic heterocycles. The molecule has 0 aliphatic carbocycles. The number of nitrogens with two attached hydrogens (primary N) is 1. The molecule has 2 atom stereocenters. The Kier molecular flexibility index (Phi) is 7.87. The predicted molar refractivity (Wildman–Crippen MR) is 149 cm³/mol. The van der Waals surface area contributed by atoms with Gasteiger partial charge in [0, 0.05) is 5.75 Å². The molecule has 13 heteroatoms. The Morgan fingerprint density at radius 2 is 1.79 bits per heavy atom. The highest BCUT2D eigenvalue weighted by Gasteiger charge is 2.53. The summed E-state index contributed by atoms with van der Waals surface area (Å²) in [7, 11) is 1.27. The number of oxime groups is 1. The van der Waals surface area contributed by atoms with E-state index in [0.717, 1.165) is 22.5 Å². The van der Waals surface area contributed by atoms with Crippen LogP contribution in [0.5, 0.6) is 0 Å². The third-order valence-corrected chi connectivity index (χ3v) is 8.26. The molecule has 39 heavy (non-hydrogen) atoms. The largest absolute Gasteiger partial charge is 0.448 e. The van der Waals surface area contributed by atoms with Crippen molar-refractivity contribution in [2.45, 2.75) is 17.5 Å². The van der Waals surface area contributed by atoms with E-state index in [-0.39, 0.29) is 26.6 Å². The molecule has 1 saturated heterocycles. The maximum absolute atomic E-state index is 13.4. The van der Waals surface area contributed by atoms with Gasteiger partial charge in [0.15, 0.2) is 16.9 Å². The standard InChI is InChI=1S/C26H22ClN5O5S2/c1-36-31-18(17-21(27)39-26(28)30-17)22(33)29-19-23(34)32-16(12-13-38-24(19)32)25(35)37-20(14-8-4-2-5-9-14)15-10-6-3-7-11-15/h2-12,19-20,24H,13H2,1H3,(H2,28,30)(H,29,33)/b31-18+/t19-,24-/m1/s1. The highest BCUT2D eigenvalue weighted by molar-refractivity contribution is 8.00. The number of β-lactam (4-membered cyclic amide) rings is 1. The Balaban J connectivity index is 1.32. The van der Waals surface area contributed by atoms with Crippen LogP contribution in [0.2, 0.25) is 4.34 Å². The van der Waals surface area contributed by atoms with E-state index in [9.17, 15) is 14.4 Å². The first-order valence-electron chi connectivity index (χ1n) is 11.7. The molecule has 3 heterocycles. The summed E-state index contributed by atoms with van der Waals surface area (Å²) in [5.74, 6) is -1.36. The number of nitrogens with zero attached hydrogens (tertiary/aromatic N) is 3. The number of fused-ring (bicyclic) bond motifs is 1. The van der Waals surface area contributed by atoms with Gasteiger partial charge in [-0.2, -0.15) is 0 Å². The number of esters is 1. The number of thiazole rings is 1. The van der Waals surface area contributed by atoms with Crippen LogP contribution in [-0.2, 0) is 24.0 Å². The molecule has 0 spiro atoms. The van der Waals surface area contributed by atoms with Crippen LogP contribution >= 0.6 is 34.7 Å². The van der Waals surface area contributed by atoms with Crippen molar-refractivity contribution in [2.24, 2.45) is 5.16 Å². The fraction of sp³-hybridized carbons (Fsp3) is 0.192. The van der Waals surface area contributed by atoms with Crippen molar-refractivity contribution in [3.05, 3.63) is 93.6 Å². The van der Waals surface area contributed by atoms with Crippen molar-refractivity contribution >= 4 is 63.3 Å². The van der Waals surface area contributed by atoms with Crippen LogP contribution in [0.4, 0.5) is 5.13 Å². The summed E-state index contributed by atoms with van der Waals surface area (Å²) in [6.45, 7) is 0. The van der Waals surface area contributed by atoms with Gasteiger partial charge in [0.25, 0.3) is 11.8 Å². The number of nitrogen functional groups attached to an aromatic ring is 1. The molecule has 5 rings (SSSR count). The lowest BCUT2D eigenvalue weighted by atomic mass is 10.0. The fourth-order valence-electron chi connectivity index (χ4n) is 4.24. The average molecular weight is 584 g/mol. The number of rotatable bonds is 8. The molecule has 2 aliphatic rings. The number of hydrogen-bond donors (Lipinski definition) is 2. The first-order chi connectivity index (χ1) is 18.9. The molecule has 2 aliphatic heterocycles. The van der Waals surface area contributed by atoms with E-state index in [1.807, 2.05) is 60.7 Å². The Bertz CT molecular complexity index is 1420. The third-order valence-electron chi connectivity index (χ3n) is 6.00. The molecule has 3 N–H and O–H groups in total. The second kappa shape index (κ2) is 11.5. The number of ether oxygens (including phenoxy) is 1. The lowest BCUT2D eigenvalue weighted by molar-refractivity contribution is -0.154. The Morgan fingerprint density at radius 3 is 2.36 bits per heavy atom. The number of amides is 2. The van der Waals surface area contributed by atoms with Gasteiger partial charge in [0.2, 0.25) is 0 Å². The van der Waals surface area contributed by atoms with Crippen molar-refractivity contribution in [1.29, 1.82) is 0 Å². The average Bonchev–Trinajstić information content (AvgIpc) is 3.30. The van der Waals surface area contributed by atoms with Gasteiger partial charge in [-0.25, -0.2) is 9.78 Å². The molecule has 2 aromatic carbocycles. The van der Waals surface area contributed by atoms with E-state index in [0.29, 0.717) is 5.75 Å². The zero-order valence-electron chi connectivity index (χ0n) is 20.4. The van der Waals surface area contributed by atoms with Gasteiger partial charge in [0.1, 0.15) is 34.3 Å². The number of thioether (sulfide) groups is 1. The highest BCUT2D eigenvalue weighted by Crippen LogP contribution is 2.39. The van der Waals surface area contributed by atoms with E-state index < -0.39 is 35.3 Å². The fourth-order valence-corrected chi connectivity index (χ4v) is 6.36. The first-order valence-corrected chi connectivity index (χ1v) is 13.9. The molecule has 3 aromatic rings. The number of benzene rings is 2. The van der Waals surface area contributed by atoms with E-state index in [1.54, 1.807) is 6.08 Å². The zero-order valence-corrected chi connectivity index (χ0v) is 22.8. The van der Waals surface area contributed by atoms with Crippen LogP contribution in [-0.4, -0.2) is 57.7 Å². The number of nitrogens with one attached hydrogen (secondary N) is 1. The molecule has 0 bridgehead atoms. The lowest BCUT2D eigenvalue weighted by Crippen LogP contribution is -2.70. The molecule has 0 saturated carbocycles. The van der Waals surface area contributed by atoms with Crippen LogP contribution in [0.25, 0.3) is 0 Å². The maximum atomic E-state index is 13.4. The number of hydrogen-bond acceptors (Lipinski definition) is 10. The van der Waals surface area contributed by atoms with Gasteiger partial charge in [0.05, 0.1) is 0 Å². The number of anilines is 1. The van der Waals surface area contributed by atoms with Gasteiger partial charge >= 0.3 is 5.97 Å². The Labute approximate surface area is 236 Å². The summed E-state index contributed by atoms with van der Waals surface area (Å²) in [5.41, 5.74) is 7.26. The second-order valence-corrected chi connectivity index (χ2v) is 11.2. The molecule has 1 fully saturated rings. The van der Waals surface area contributed by atoms with Crippen molar-refractivity contribution in [1.82, 2.24) is 15.2 Å². The van der Waals surface area contributed by atoms with E-state index in [2.05, 4.69) is 15.5 Å². The minimum atomic E-state index is -0.908. The maximum Gasteiger partial charge on any atom is 0.355 e. The molecule has 0 radical (unpaired) electrons. The molecular weight excluding hydrogens is 562 g/mol. The summed E-state index contributed by atoms with van der Waals surface area (Å²) < 4.78 is 6.11. The van der Waals surface area contributed by atoms with Crippen LogP contribution in [0, 0.1) is 0 Å². The lowest BCUT2D eigenvalue weighted by Gasteiger charge is -2.48. The number of carbonyl (C=O) groups is 3. The summed E-state index contributed by atoms with van der Waals surface area (Å²) in [4.78, 5) is 49.8. The van der Waals surface area contributed by atoms with Crippen LogP contribution in [0.1, 0.15) is 22.9 Å². The molecule has 10 nitrogen and oxygen atoms in total. The van der Waals surface area contributed by atoms with Gasteiger partial charge < -0.3 is 20.6 Å². The van der Waals surface area contributed by atoms with Crippen molar-refractivity contribution in [2.75, 3.05) is 18.6 Å². The minimum Gasteiger partial charge on any atom is -0.448 e. The first kappa shape index (κ1) is 26.7. The SMILES string of the molecule is CO/N=C(/C(=O)N[C@@H]1C(=O)N2C(C(=O)OC(c3ccccc3)c3ccccc3)=CCS[C@H]12)c1nc(N)sc1Cl. The summed E-state index contributed by atoms with van der Waals surface area (Å²) in [6, 6.07) is 17.8. The summed E-state index contributed by atoms with van der Waals surface area (Å²) in [6.07, 6.45) is 0.992.